The average Bonchev–Trinajstić information content (AvgIpc) is 2.72. The fourth-order valence-corrected chi connectivity index (χ4v) is 5.58. The van der Waals surface area contributed by atoms with E-state index in [4.69, 9.17) is 5.11 Å². The van der Waals surface area contributed by atoms with Gasteiger partial charge in [-0.05, 0) is 12.8 Å². The maximum Gasteiger partial charge on any atom is 0.318 e. The molecule has 1 N–H and O–H groups in total. The number of carbonyl (C=O) groups is 1. The van der Waals surface area contributed by atoms with E-state index in [-0.39, 0.29) is 24.5 Å². The van der Waals surface area contributed by atoms with E-state index in [2.05, 4.69) is 0 Å². The van der Waals surface area contributed by atoms with Crippen LogP contribution in [0.15, 0.2) is 0 Å². The predicted octanol–water partition coefficient (Wildman–Crippen LogP) is -0.463. The number of nitrogens with zero attached hydrogens (tertiary/aromatic N) is 2. The van der Waals surface area contributed by atoms with E-state index in [0.29, 0.717) is 6.42 Å². The molecule has 1 fully saturated rings. The molecule has 1 saturated heterocycles. The molecular weight excluding hydrogens is 320 g/mol. The van der Waals surface area contributed by atoms with Gasteiger partial charge >= 0.3 is 5.97 Å². The summed E-state index contributed by atoms with van der Waals surface area (Å²) in [5, 5.41) is 8.92. The zero-order chi connectivity index (χ0) is 16.3. The van der Waals surface area contributed by atoms with Crippen LogP contribution in [0.1, 0.15) is 26.2 Å². The van der Waals surface area contributed by atoms with Crippen LogP contribution in [0, 0.1) is 0 Å². The highest BCUT2D eigenvalue weighted by atomic mass is 32.2. The van der Waals surface area contributed by atoms with Gasteiger partial charge in [-0.1, -0.05) is 13.3 Å². The van der Waals surface area contributed by atoms with Crippen molar-refractivity contribution in [3.8, 4) is 0 Å². The summed E-state index contributed by atoms with van der Waals surface area (Å²) in [7, 11) is -5.90. The zero-order valence-corrected chi connectivity index (χ0v) is 13.9. The molecule has 0 saturated carbocycles. The van der Waals surface area contributed by atoms with E-state index in [1.165, 1.54) is 7.05 Å². The third-order valence-corrected chi connectivity index (χ3v) is 7.16. The lowest BCUT2D eigenvalue weighted by atomic mass is 10.2. The second kappa shape index (κ2) is 7.03. The molecule has 0 bridgehead atoms. The van der Waals surface area contributed by atoms with Gasteiger partial charge in [-0.2, -0.15) is 17.0 Å². The number of hydrogen-bond donors (Lipinski definition) is 1. The molecule has 1 atom stereocenters. The summed E-state index contributed by atoms with van der Waals surface area (Å²) in [6.45, 7) is 1.46. The summed E-state index contributed by atoms with van der Waals surface area (Å²) in [4.78, 5) is 10.9. The van der Waals surface area contributed by atoms with Gasteiger partial charge in [0.2, 0.25) is 0 Å². The van der Waals surface area contributed by atoms with E-state index in [1.54, 1.807) is 0 Å². The zero-order valence-electron chi connectivity index (χ0n) is 12.2. The Kier molecular flexibility index (Phi) is 6.14. The van der Waals surface area contributed by atoms with Crippen LogP contribution in [0.3, 0.4) is 0 Å². The van der Waals surface area contributed by atoms with Crippen LogP contribution in [0.4, 0.5) is 0 Å². The van der Waals surface area contributed by atoms with Crippen molar-refractivity contribution in [1.29, 1.82) is 0 Å². The lowest BCUT2D eigenvalue weighted by molar-refractivity contribution is -0.137. The number of carboxylic acid groups (broad SMARTS) is 1. The van der Waals surface area contributed by atoms with Crippen LogP contribution in [0.25, 0.3) is 0 Å². The van der Waals surface area contributed by atoms with Gasteiger partial charge in [-0.25, -0.2) is 8.42 Å². The quantitative estimate of drug-likeness (QED) is 0.638. The molecule has 10 heteroatoms. The molecule has 0 amide bonds. The number of aliphatic carboxylic acids is 1. The van der Waals surface area contributed by atoms with E-state index >= 15 is 0 Å². The molecule has 124 valence electrons. The number of hydrogen-bond acceptors (Lipinski definition) is 5. The molecule has 1 aliphatic rings. The Morgan fingerprint density at radius 1 is 1.38 bits per heavy atom. The molecule has 0 aromatic rings. The highest BCUT2D eigenvalue weighted by Crippen LogP contribution is 2.22. The summed E-state index contributed by atoms with van der Waals surface area (Å²) >= 11 is 0. The highest BCUT2D eigenvalue weighted by molar-refractivity contribution is 7.91. The highest BCUT2D eigenvalue weighted by Gasteiger charge is 2.40. The molecule has 0 radical (unpaired) electrons. The maximum atomic E-state index is 12.5. The monoisotopic (exact) mass is 342 g/mol. The Morgan fingerprint density at radius 2 is 2.00 bits per heavy atom. The minimum Gasteiger partial charge on any atom is -0.480 e. The van der Waals surface area contributed by atoms with E-state index in [1.807, 2.05) is 6.92 Å². The Labute approximate surface area is 125 Å². The fourth-order valence-electron chi connectivity index (χ4n) is 2.21. The smallest absolute Gasteiger partial charge is 0.318 e. The molecule has 0 aromatic carbocycles. The van der Waals surface area contributed by atoms with Gasteiger partial charge < -0.3 is 5.11 Å². The van der Waals surface area contributed by atoms with Crippen LogP contribution in [0.5, 0.6) is 0 Å². The third kappa shape index (κ3) is 4.90. The van der Waals surface area contributed by atoms with E-state index in [9.17, 15) is 21.6 Å². The van der Waals surface area contributed by atoms with Crippen LogP contribution < -0.4 is 0 Å². The summed E-state index contributed by atoms with van der Waals surface area (Å²) in [6.07, 6.45) is 1.59. The Morgan fingerprint density at radius 3 is 2.43 bits per heavy atom. The van der Waals surface area contributed by atoms with Crippen molar-refractivity contribution < 1.29 is 26.7 Å². The number of sulfone groups is 1. The van der Waals surface area contributed by atoms with E-state index in [0.717, 1.165) is 15.0 Å². The Hall–Kier alpha value is -0.710. The maximum absolute atomic E-state index is 12.5. The van der Waals surface area contributed by atoms with Crippen LogP contribution >= 0.6 is 0 Å². The minimum absolute atomic E-state index is 0.109. The van der Waals surface area contributed by atoms with E-state index < -0.39 is 38.6 Å². The molecule has 0 spiro atoms. The normalized spacial score (nSPS) is 22.0. The molecule has 1 aliphatic heterocycles. The van der Waals surface area contributed by atoms with Crippen molar-refractivity contribution >= 4 is 26.0 Å². The molecule has 21 heavy (non-hydrogen) atoms. The van der Waals surface area contributed by atoms with Crippen molar-refractivity contribution in [3.63, 3.8) is 0 Å². The number of unbranched alkanes of at least 4 members (excludes halogenated alkanes) is 1. The first-order valence-corrected chi connectivity index (χ1v) is 9.97. The van der Waals surface area contributed by atoms with Crippen LogP contribution in [-0.2, 0) is 24.8 Å². The van der Waals surface area contributed by atoms with Crippen LogP contribution in [0.2, 0.25) is 0 Å². The Bertz CT molecular complexity index is 572. The second-order valence-electron chi connectivity index (χ2n) is 5.18. The van der Waals surface area contributed by atoms with Crippen molar-refractivity contribution in [2.75, 3.05) is 31.6 Å². The first-order valence-electron chi connectivity index (χ1n) is 6.75. The first kappa shape index (κ1) is 18.3. The van der Waals surface area contributed by atoms with Crippen molar-refractivity contribution in [2.24, 2.45) is 0 Å². The second-order valence-corrected chi connectivity index (χ2v) is 9.40. The summed E-state index contributed by atoms with van der Waals surface area (Å²) in [5.41, 5.74) is 0. The topological polar surface area (TPSA) is 112 Å². The van der Waals surface area contributed by atoms with Gasteiger partial charge in [0.25, 0.3) is 10.2 Å². The lowest BCUT2D eigenvalue weighted by Crippen LogP contribution is -2.50. The minimum atomic E-state index is -3.98. The van der Waals surface area contributed by atoms with Crippen molar-refractivity contribution in [3.05, 3.63) is 0 Å². The molecule has 0 aliphatic carbocycles. The van der Waals surface area contributed by atoms with Crippen LogP contribution in [-0.4, -0.2) is 74.2 Å². The number of rotatable bonds is 8. The molecule has 0 aromatic heterocycles. The average molecular weight is 342 g/mol. The summed E-state index contributed by atoms with van der Waals surface area (Å²) in [6, 6.07) is -0.805. The summed E-state index contributed by atoms with van der Waals surface area (Å²) in [5.74, 6) is -1.73. The molecule has 1 unspecified atom stereocenters. The van der Waals surface area contributed by atoms with Gasteiger partial charge in [-0.3, -0.25) is 4.79 Å². The SMILES string of the molecule is CCCCN(C)S(=O)(=O)N(CC(=O)O)C1CCS(=O)(=O)C1. The molecule has 1 rings (SSSR count). The van der Waals surface area contributed by atoms with Gasteiger partial charge in [0.15, 0.2) is 9.84 Å². The first-order chi connectivity index (χ1) is 9.60. The lowest BCUT2D eigenvalue weighted by Gasteiger charge is -2.30. The Balaban J connectivity index is 2.99. The van der Waals surface area contributed by atoms with Crippen molar-refractivity contribution in [1.82, 2.24) is 8.61 Å². The fraction of sp³-hybridized carbons (Fsp3) is 0.909. The van der Waals surface area contributed by atoms with Gasteiger partial charge in [-0.15, -0.1) is 0 Å². The third-order valence-electron chi connectivity index (χ3n) is 3.42. The number of carboxylic acids is 1. The standard InChI is InChI=1S/C11H22N2O6S2/c1-3-4-6-12(2)21(18,19)13(8-11(14)15)10-5-7-20(16,17)9-10/h10H,3-9H2,1-2H3,(H,14,15). The van der Waals surface area contributed by atoms with Gasteiger partial charge in [0, 0.05) is 19.6 Å². The molecular formula is C11H22N2O6S2. The molecule has 8 nitrogen and oxygen atoms in total. The van der Waals surface area contributed by atoms with Crippen molar-refractivity contribution in [2.45, 2.75) is 32.2 Å². The van der Waals surface area contributed by atoms with Gasteiger partial charge in [0.05, 0.1) is 11.5 Å². The van der Waals surface area contributed by atoms with Gasteiger partial charge in [0.1, 0.15) is 6.54 Å². The molecule has 1 heterocycles. The predicted molar refractivity (Wildman–Crippen MR) is 77.9 cm³/mol. The largest absolute Gasteiger partial charge is 0.480 e. The summed E-state index contributed by atoms with van der Waals surface area (Å²) < 4.78 is 49.9.